The van der Waals surface area contributed by atoms with Crippen LogP contribution in [-0.2, 0) is 0 Å². The molecule has 0 aliphatic rings. The summed E-state index contributed by atoms with van der Waals surface area (Å²) >= 11 is 0. The van der Waals surface area contributed by atoms with Gasteiger partial charge in [0, 0.05) is 19.2 Å². The van der Waals surface area contributed by atoms with E-state index in [1.165, 1.54) is 12.1 Å². The zero-order chi connectivity index (χ0) is 10.0. The normalized spacial score (nSPS) is 9.69. The number of rotatable bonds is 2. The Hall–Kier alpha value is -1.78. The summed E-state index contributed by atoms with van der Waals surface area (Å²) in [5, 5.41) is 13.3. The first kappa shape index (κ1) is 9.31. The van der Waals surface area contributed by atoms with Gasteiger partial charge in [-0.3, -0.25) is 10.1 Å². The molecule has 0 saturated heterocycles. The van der Waals surface area contributed by atoms with Gasteiger partial charge >= 0.3 is 0 Å². The van der Waals surface area contributed by atoms with Crippen LogP contribution < -0.4 is 11.1 Å². The molecule has 0 radical (unpaired) electrons. The van der Waals surface area contributed by atoms with Crippen LogP contribution >= 0.6 is 0 Å². The summed E-state index contributed by atoms with van der Waals surface area (Å²) in [6.07, 6.45) is 0. The highest BCUT2D eigenvalue weighted by atomic mass is 16.6. The minimum Gasteiger partial charge on any atom is -0.397 e. The van der Waals surface area contributed by atoms with E-state index in [9.17, 15) is 10.1 Å². The van der Waals surface area contributed by atoms with E-state index in [-0.39, 0.29) is 5.69 Å². The first-order chi connectivity index (χ1) is 6.06. The Kier molecular flexibility index (Phi) is 2.36. The quantitative estimate of drug-likeness (QED) is 0.412. The monoisotopic (exact) mass is 181 g/mol. The van der Waals surface area contributed by atoms with Crippen LogP contribution in [0.15, 0.2) is 12.1 Å². The van der Waals surface area contributed by atoms with Crippen molar-refractivity contribution in [1.82, 2.24) is 0 Å². The van der Waals surface area contributed by atoms with E-state index in [0.717, 1.165) is 0 Å². The lowest BCUT2D eigenvalue weighted by Gasteiger charge is -2.06. The molecule has 3 N–H and O–H groups in total. The smallest absolute Gasteiger partial charge is 0.271 e. The van der Waals surface area contributed by atoms with E-state index in [1.807, 2.05) is 0 Å². The first-order valence-electron chi connectivity index (χ1n) is 3.78. The first-order valence-corrected chi connectivity index (χ1v) is 3.78. The zero-order valence-corrected chi connectivity index (χ0v) is 7.50. The molecule has 0 aliphatic heterocycles. The second-order valence-corrected chi connectivity index (χ2v) is 2.73. The van der Waals surface area contributed by atoms with E-state index in [0.29, 0.717) is 16.9 Å². The van der Waals surface area contributed by atoms with Gasteiger partial charge in [-0.05, 0) is 12.5 Å². The van der Waals surface area contributed by atoms with Crippen molar-refractivity contribution in [2.45, 2.75) is 6.92 Å². The van der Waals surface area contributed by atoms with Gasteiger partial charge in [-0.25, -0.2) is 0 Å². The molecule has 0 bridgehead atoms. The number of nitrogen functional groups attached to an aromatic ring is 1. The van der Waals surface area contributed by atoms with Crippen molar-refractivity contribution in [3.05, 3.63) is 27.8 Å². The zero-order valence-electron chi connectivity index (χ0n) is 7.50. The van der Waals surface area contributed by atoms with Crippen LogP contribution in [0.3, 0.4) is 0 Å². The highest BCUT2D eigenvalue weighted by Crippen LogP contribution is 2.27. The van der Waals surface area contributed by atoms with E-state index < -0.39 is 4.92 Å². The van der Waals surface area contributed by atoms with Crippen LogP contribution in [0.25, 0.3) is 0 Å². The number of anilines is 2. The highest BCUT2D eigenvalue weighted by Gasteiger charge is 2.10. The average molecular weight is 181 g/mol. The van der Waals surface area contributed by atoms with Crippen LogP contribution in [-0.4, -0.2) is 12.0 Å². The Labute approximate surface area is 75.7 Å². The fourth-order valence-electron chi connectivity index (χ4n) is 1.09. The molecule has 0 unspecified atom stereocenters. The fraction of sp³-hybridized carbons (Fsp3) is 0.250. The molecule has 0 spiro atoms. The second kappa shape index (κ2) is 3.30. The van der Waals surface area contributed by atoms with Crippen molar-refractivity contribution in [1.29, 1.82) is 0 Å². The standard InChI is InChI=1S/C8H11N3O2/c1-5-3-6(11(12)13)4-7(10-2)8(5)9/h3-4,10H,9H2,1-2H3. The third-order valence-corrected chi connectivity index (χ3v) is 1.85. The summed E-state index contributed by atoms with van der Waals surface area (Å²) in [4.78, 5) is 10.0. The summed E-state index contributed by atoms with van der Waals surface area (Å²) in [6.45, 7) is 1.74. The molecule has 1 aromatic rings. The van der Waals surface area contributed by atoms with Gasteiger partial charge in [0.05, 0.1) is 16.3 Å². The van der Waals surface area contributed by atoms with Gasteiger partial charge in [0.2, 0.25) is 0 Å². The Balaban J connectivity index is 3.30. The maximum atomic E-state index is 10.5. The maximum absolute atomic E-state index is 10.5. The summed E-state index contributed by atoms with van der Waals surface area (Å²) in [7, 11) is 1.68. The van der Waals surface area contributed by atoms with Crippen molar-refractivity contribution in [3.8, 4) is 0 Å². The number of nitrogens with one attached hydrogen (secondary N) is 1. The average Bonchev–Trinajstić information content (AvgIpc) is 2.09. The van der Waals surface area contributed by atoms with Gasteiger partial charge in [-0.15, -0.1) is 0 Å². The molecule has 0 aliphatic carbocycles. The second-order valence-electron chi connectivity index (χ2n) is 2.73. The molecule has 0 saturated carbocycles. The molecule has 1 rings (SSSR count). The molecule has 13 heavy (non-hydrogen) atoms. The number of nitrogens with two attached hydrogens (primary N) is 1. The van der Waals surface area contributed by atoms with Gasteiger partial charge in [0.15, 0.2) is 0 Å². The van der Waals surface area contributed by atoms with Crippen molar-refractivity contribution in [2.75, 3.05) is 18.1 Å². The number of benzene rings is 1. The number of nitro benzene ring substituents is 1. The number of nitro groups is 1. The topological polar surface area (TPSA) is 81.2 Å². The molecule has 0 atom stereocenters. The summed E-state index contributed by atoms with van der Waals surface area (Å²) in [6, 6.07) is 2.87. The predicted molar refractivity (Wildman–Crippen MR) is 51.8 cm³/mol. The van der Waals surface area contributed by atoms with Crippen molar-refractivity contribution in [3.63, 3.8) is 0 Å². The van der Waals surface area contributed by atoms with Crippen molar-refractivity contribution >= 4 is 17.1 Å². The van der Waals surface area contributed by atoms with E-state index in [2.05, 4.69) is 5.32 Å². The Bertz CT molecular complexity index is 349. The number of nitrogens with zero attached hydrogens (tertiary/aromatic N) is 1. The molecular formula is C8H11N3O2. The molecule has 70 valence electrons. The summed E-state index contributed by atoms with van der Waals surface area (Å²) in [5.41, 5.74) is 7.57. The minimum atomic E-state index is -0.437. The molecule has 5 nitrogen and oxygen atoms in total. The number of non-ortho nitro benzene ring substituents is 1. The van der Waals surface area contributed by atoms with Gasteiger partial charge in [0.1, 0.15) is 0 Å². The molecular weight excluding hydrogens is 170 g/mol. The van der Waals surface area contributed by atoms with Crippen molar-refractivity contribution < 1.29 is 4.92 Å². The van der Waals surface area contributed by atoms with Gasteiger partial charge in [-0.2, -0.15) is 0 Å². The van der Waals surface area contributed by atoms with Crippen LogP contribution in [0.5, 0.6) is 0 Å². The van der Waals surface area contributed by atoms with E-state index in [1.54, 1.807) is 14.0 Å². The van der Waals surface area contributed by atoms with Crippen LogP contribution in [0.4, 0.5) is 17.1 Å². The lowest BCUT2D eigenvalue weighted by molar-refractivity contribution is -0.384. The lowest BCUT2D eigenvalue weighted by Crippen LogP contribution is -2.00. The van der Waals surface area contributed by atoms with E-state index >= 15 is 0 Å². The molecule has 1 aromatic carbocycles. The lowest BCUT2D eigenvalue weighted by atomic mass is 10.1. The Morgan fingerprint density at radius 3 is 2.62 bits per heavy atom. The number of hydrogen-bond donors (Lipinski definition) is 2. The molecule has 0 amide bonds. The maximum Gasteiger partial charge on any atom is 0.271 e. The van der Waals surface area contributed by atoms with Gasteiger partial charge in [0.25, 0.3) is 5.69 Å². The van der Waals surface area contributed by atoms with Crippen molar-refractivity contribution in [2.24, 2.45) is 0 Å². The van der Waals surface area contributed by atoms with Crippen LogP contribution in [0.1, 0.15) is 5.56 Å². The minimum absolute atomic E-state index is 0.0519. The molecule has 0 aromatic heterocycles. The molecule has 5 heteroatoms. The van der Waals surface area contributed by atoms with Gasteiger partial charge < -0.3 is 11.1 Å². The van der Waals surface area contributed by atoms with E-state index in [4.69, 9.17) is 5.73 Å². The third-order valence-electron chi connectivity index (χ3n) is 1.85. The Morgan fingerprint density at radius 2 is 2.15 bits per heavy atom. The van der Waals surface area contributed by atoms with Crippen LogP contribution in [0, 0.1) is 17.0 Å². The number of aryl methyl sites for hydroxylation is 1. The number of hydrogen-bond acceptors (Lipinski definition) is 4. The van der Waals surface area contributed by atoms with Crippen LogP contribution in [0.2, 0.25) is 0 Å². The largest absolute Gasteiger partial charge is 0.397 e. The fourth-order valence-corrected chi connectivity index (χ4v) is 1.09. The summed E-state index contributed by atoms with van der Waals surface area (Å²) in [5.74, 6) is 0. The Morgan fingerprint density at radius 1 is 1.54 bits per heavy atom. The molecule has 0 heterocycles. The predicted octanol–water partition coefficient (Wildman–Crippen LogP) is 1.53. The molecule has 0 fully saturated rings. The van der Waals surface area contributed by atoms with Gasteiger partial charge in [-0.1, -0.05) is 0 Å². The SMILES string of the molecule is CNc1cc([N+](=O)[O-])cc(C)c1N. The third kappa shape index (κ3) is 1.69. The summed E-state index contributed by atoms with van der Waals surface area (Å²) < 4.78 is 0. The highest BCUT2D eigenvalue weighted by molar-refractivity contribution is 5.72.